The van der Waals surface area contributed by atoms with Crippen molar-refractivity contribution in [3.05, 3.63) is 99.7 Å². The third kappa shape index (κ3) is 2.95. The van der Waals surface area contributed by atoms with Crippen LogP contribution < -0.4 is 15.1 Å². The highest BCUT2D eigenvalue weighted by Gasteiger charge is 2.45. The summed E-state index contributed by atoms with van der Waals surface area (Å²) in [5.74, 6) is -0.289. The number of benzene rings is 3. The Morgan fingerprint density at radius 1 is 1.06 bits per heavy atom. The number of thiazole rings is 1. The van der Waals surface area contributed by atoms with Crippen LogP contribution in [0.25, 0.3) is 21.2 Å². The smallest absolute Gasteiger partial charge is 0.297 e. The Hall–Kier alpha value is -4.04. The van der Waals surface area contributed by atoms with Gasteiger partial charge in [-0.05, 0) is 48.0 Å². The molecule has 0 bridgehead atoms. The number of carbonyl (C=O) groups excluding carboxylic acids is 1. The number of aromatic nitrogens is 1. The molecule has 0 fully saturated rings. The van der Waals surface area contributed by atoms with Crippen LogP contribution in [0.15, 0.2) is 75.9 Å². The number of nitrogens with zero attached hydrogens (tertiary/aromatic N) is 2. The van der Waals surface area contributed by atoms with E-state index in [1.165, 1.54) is 28.4 Å². The largest absolute Gasteiger partial charge is 0.497 e. The number of para-hydroxylation sites is 1. The molecule has 33 heavy (non-hydrogen) atoms. The van der Waals surface area contributed by atoms with Crippen molar-refractivity contribution in [3.63, 3.8) is 0 Å². The number of anilines is 1. The first kappa shape index (κ1) is 19.6. The molecule has 8 heteroatoms. The lowest BCUT2D eigenvalue weighted by atomic mass is 9.98. The van der Waals surface area contributed by atoms with Crippen LogP contribution in [-0.2, 0) is 0 Å². The lowest BCUT2D eigenvalue weighted by Gasteiger charge is -2.22. The first-order valence-electron chi connectivity index (χ1n) is 10.1. The molecular formula is C25H15FN2O4S. The van der Waals surface area contributed by atoms with Gasteiger partial charge in [0.1, 0.15) is 17.1 Å². The first-order chi connectivity index (χ1) is 16.0. The van der Waals surface area contributed by atoms with Gasteiger partial charge in [0, 0.05) is 0 Å². The number of hydrogen-bond acceptors (Lipinski definition) is 6. The maximum atomic E-state index is 13.8. The van der Waals surface area contributed by atoms with E-state index in [0.717, 1.165) is 0 Å². The summed E-state index contributed by atoms with van der Waals surface area (Å²) in [6.45, 7) is 0. The number of amides is 1. The van der Waals surface area contributed by atoms with Gasteiger partial charge in [0.15, 0.2) is 10.6 Å². The topological polar surface area (TPSA) is 72.6 Å². The van der Waals surface area contributed by atoms with Gasteiger partial charge in [-0.25, -0.2) is 9.37 Å². The molecule has 1 aliphatic heterocycles. The Kier molecular flexibility index (Phi) is 4.31. The van der Waals surface area contributed by atoms with E-state index in [9.17, 15) is 14.0 Å². The summed E-state index contributed by atoms with van der Waals surface area (Å²) in [7, 11) is 1.55. The van der Waals surface area contributed by atoms with Crippen molar-refractivity contribution in [3.8, 4) is 5.75 Å². The number of rotatable bonds is 3. The van der Waals surface area contributed by atoms with E-state index in [4.69, 9.17) is 9.15 Å². The zero-order chi connectivity index (χ0) is 22.7. The van der Waals surface area contributed by atoms with Crippen LogP contribution in [0.5, 0.6) is 5.75 Å². The molecule has 1 amide bonds. The highest BCUT2D eigenvalue weighted by molar-refractivity contribution is 7.22. The van der Waals surface area contributed by atoms with Gasteiger partial charge < -0.3 is 9.15 Å². The zero-order valence-corrected chi connectivity index (χ0v) is 18.1. The Morgan fingerprint density at radius 3 is 2.76 bits per heavy atom. The van der Waals surface area contributed by atoms with Crippen LogP contribution in [0.4, 0.5) is 9.52 Å². The molecule has 0 radical (unpaired) electrons. The standard InChI is InChI=1S/C25H15FN2O4S/c1-31-15-6-4-5-13(11-15)21-20-22(29)16-7-2-3-8-18(16)32-23(20)24(30)28(21)25-27-17-10-9-14(26)12-19(17)33-25/h2-12,21H,1H3/t21-/m1/s1. The number of carbonyl (C=O) groups is 1. The molecule has 6 rings (SSSR count). The molecule has 0 aliphatic carbocycles. The van der Waals surface area contributed by atoms with Crippen molar-refractivity contribution < 1.29 is 18.3 Å². The van der Waals surface area contributed by atoms with Gasteiger partial charge in [-0.1, -0.05) is 35.6 Å². The predicted octanol–water partition coefficient (Wildman–Crippen LogP) is 5.30. The molecule has 0 saturated carbocycles. The van der Waals surface area contributed by atoms with Crippen molar-refractivity contribution >= 4 is 43.6 Å². The van der Waals surface area contributed by atoms with E-state index in [1.54, 1.807) is 55.6 Å². The van der Waals surface area contributed by atoms with Gasteiger partial charge in [-0.15, -0.1) is 0 Å². The Bertz CT molecular complexity index is 1640. The number of ether oxygens (including phenoxy) is 1. The molecule has 0 saturated heterocycles. The highest BCUT2D eigenvalue weighted by atomic mass is 32.1. The SMILES string of the molecule is COc1cccc([C@@H]2c3c(oc4ccccc4c3=O)C(=O)N2c2nc3ccc(F)cc3s2)c1. The van der Waals surface area contributed by atoms with E-state index in [-0.39, 0.29) is 22.6 Å². The van der Waals surface area contributed by atoms with Crippen LogP contribution in [0.2, 0.25) is 0 Å². The van der Waals surface area contributed by atoms with Gasteiger partial charge in [-0.2, -0.15) is 0 Å². The zero-order valence-electron chi connectivity index (χ0n) is 17.2. The van der Waals surface area contributed by atoms with Crippen molar-refractivity contribution in [2.45, 2.75) is 6.04 Å². The lowest BCUT2D eigenvalue weighted by Crippen LogP contribution is -2.29. The Balaban J connectivity index is 1.64. The quantitative estimate of drug-likeness (QED) is 0.367. The molecular weight excluding hydrogens is 443 g/mol. The van der Waals surface area contributed by atoms with Gasteiger partial charge in [0.05, 0.1) is 34.3 Å². The number of fused-ring (bicyclic) bond motifs is 3. The van der Waals surface area contributed by atoms with Crippen molar-refractivity contribution in [2.75, 3.05) is 12.0 Å². The van der Waals surface area contributed by atoms with Gasteiger partial charge >= 0.3 is 0 Å². The van der Waals surface area contributed by atoms with Gasteiger partial charge in [0.25, 0.3) is 5.91 Å². The summed E-state index contributed by atoms with van der Waals surface area (Å²) >= 11 is 1.18. The Morgan fingerprint density at radius 2 is 1.91 bits per heavy atom. The van der Waals surface area contributed by atoms with Crippen LogP contribution in [0, 0.1) is 5.82 Å². The van der Waals surface area contributed by atoms with Crippen molar-refractivity contribution in [2.24, 2.45) is 0 Å². The van der Waals surface area contributed by atoms with Gasteiger partial charge in [0.2, 0.25) is 5.76 Å². The number of methoxy groups -OCH3 is 1. The summed E-state index contributed by atoms with van der Waals surface area (Å²) in [6, 6.07) is 17.5. The maximum absolute atomic E-state index is 13.8. The van der Waals surface area contributed by atoms with E-state index in [0.29, 0.717) is 37.6 Å². The van der Waals surface area contributed by atoms with Crippen LogP contribution >= 0.6 is 11.3 Å². The minimum Gasteiger partial charge on any atom is -0.497 e. The van der Waals surface area contributed by atoms with Crippen molar-refractivity contribution in [1.29, 1.82) is 0 Å². The second-order valence-corrected chi connectivity index (χ2v) is 8.64. The molecule has 162 valence electrons. The summed E-state index contributed by atoms with van der Waals surface area (Å²) in [5, 5.41) is 0.744. The number of hydrogen-bond donors (Lipinski definition) is 0. The van der Waals surface area contributed by atoms with E-state index < -0.39 is 11.9 Å². The minimum absolute atomic E-state index is 0.0167. The van der Waals surface area contributed by atoms with Crippen LogP contribution in [-0.4, -0.2) is 18.0 Å². The molecule has 0 unspecified atom stereocenters. The molecule has 3 heterocycles. The molecule has 1 aliphatic rings. The molecule has 2 aromatic heterocycles. The molecule has 6 nitrogen and oxygen atoms in total. The van der Waals surface area contributed by atoms with Crippen molar-refractivity contribution in [1.82, 2.24) is 4.98 Å². The fraction of sp³-hybridized carbons (Fsp3) is 0.0800. The summed E-state index contributed by atoms with van der Waals surface area (Å²) in [5.41, 5.74) is 1.55. The molecule has 0 spiro atoms. The second-order valence-electron chi connectivity index (χ2n) is 7.63. The first-order valence-corrected chi connectivity index (χ1v) is 11.0. The summed E-state index contributed by atoms with van der Waals surface area (Å²) in [4.78, 5) is 33.2. The third-order valence-electron chi connectivity index (χ3n) is 5.73. The fourth-order valence-corrected chi connectivity index (χ4v) is 5.25. The van der Waals surface area contributed by atoms with E-state index >= 15 is 0 Å². The minimum atomic E-state index is -0.770. The monoisotopic (exact) mass is 458 g/mol. The normalized spacial score (nSPS) is 15.4. The highest BCUT2D eigenvalue weighted by Crippen LogP contribution is 2.44. The van der Waals surface area contributed by atoms with Gasteiger partial charge in [-0.3, -0.25) is 14.5 Å². The average Bonchev–Trinajstić information content (AvgIpc) is 3.37. The summed E-state index contributed by atoms with van der Waals surface area (Å²) in [6.07, 6.45) is 0. The number of halogens is 1. The lowest BCUT2D eigenvalue weighted by molar-refractivity contribution is 0.0971. The second kappa shape index (κ2) is 7.25. The molecule has 0 N–H and O–H groups in total. The van der Waals surface area contributed by atoms with Crippen LogP contribution in [0.1, 0.15) is 27.7 Å². The predicted molar refractivity (Wildman–Crippen MR) is 124 cm³/mol. The van der Waals surface area contributed by atoms with E-state index in [1.807, 2.05) is 6.07 Å². The van der Waals surface area contributed by atoms with E-state index in [2.05, 4.69) is 4.98 Å². The molecule has 5 aromatic rings. The van der Waals surface area contributed by atoms with Crippen LogP contribution in [0.3, 0.4) is 0 Å². The molecule has 1 atom stereocenters. The maximum Gasteiger partial charge on any atom is 0.297 e. The average molecular weight is 458 g/mol. The fourth-order valence-electron chi connectivity index (χ4n) is 4.23. The molecule has 3 aromatic carbocycles. The Labute approximate surface area is 190 Å². The third-order valence-corrected chi connectivity index (χ3v) is 6.75. The summed E-state index contributed by atoms with van der Waals surface area (Å²) < 4.78 is 25.7.